The lowest BCUT2D eigenvalue weighted by Crippen LogP contribution is -2.36. The normalized spacial score (nSPS) is 12.4. The summed E-state index contributed by atoms with van der Waals surface area (Å²) in [5.41, 5.74) is 0. The standard InChI is InChI=1S/C10H13BrClNO2S2/c1-4-5-13(7(2)3)17(14,15)9-6-8(12)10(11)16-9/h4,6-7H,1,5H2,2-3H3. The minimum atomic E-state index is -3.50. The van der Waals surface area contributed by atoms with Gasteiger partial charge >= 0.3 is 0 Å². The van der Waals surface area contributed by atoms with Gasteiger partial charge in [-0.2, -0.15) is 4.31 Å². The van der Waals surface area contributed by atoms with Crippen molar-refractivity contribution in [2.75, 3.05) is 6.54 Å². The second-order valence-electron chi connectivity index (χ2n) is 3.64. The maximum atomic E-state index is 12.3. The predicted octanol–water partition coefficient (Wildman–Crippen LogP) is 3.75. The van der Waals surface area contributed by atoms with Gasteiger partial charge in [-0.15, -0.1) is 17.9 Å². The molecule has 96 valence electrons. The third-order valence-corrected chi connectivity index (χ3v) is 7.04. The van der Waals surface area contributed by atoms with Gasteiger partial charge in [-0.3, -0.25) is 0 Å². The number of sulfonamides is 1. The third kappa shape index (κ3) is 3.32. The molecule has 0 radical (unpaired) electrons. The molecule has 1 aromatic heterocycles. The van der Waals surface area contributed by atoms with Crippen LogP contribution in [0.1, 0.15) is 13.8 Å². The Morgan fingerprint density at radius 3 is 2.59 bits per heavy atom. The summed E-state index contributed by atoms with van der Waals surface area (Å²) in [4.78, 5) is 0. The van der Waals surface area contributed by atoms with Gasteiger partial charge < -0.3 is 0 Å². The molecule has 0 aliphatic heterocycles. The monoisotopic (exact) mass is 357 g/mol. The molecule has 0 spiro atoms. The molecular formula is C10H13BrClNO2S2. The molecule has 7 heteroatoms. The molecule has 1 rings (SSSR count). The van der Waals surface area contributed by atoms with Crippen LogP contribution in [0.5, 0.6) is 0 Å². The summed E-state index contributed by atoms with van der Waals surface area (Å²) in [6.07, 6.45) is 1.57. The third-order valence-electron chi connectivity index (χ3n) is 2.07. The minimum Gasteiger partial charge on any atom is -0.206 e. The van der Waals surface area contributed by atoms with E-state index in [-0.39, 0.29) is 16.8 Å². The highest BCUT2D eigenvalue weighted by atomic mass is 79.9. The average Bonchev–Trinajstić information content (AvgIpc) is 2.55. The zero-order valence-electron chi connectivity index (χ0n) is 9.48. The summed E-state index contributed by atoms with van der Waals surface area (Å²) < 4.78 is 26.9. The molecule has 0 unspecified atom stereocenters. The minimum absolute atomic E-state index is 0.127. The summed E-state index contributed by atoms with van der Waals surface area (Å²) in [6.45, 7) is 7.51. The van der Waals surface area contributed by atoms with Crippen LogP contribution in [0.15, 0.2) is 26.7 Å². The molecule has 0 amide bonds. The van der Waals surface area contributed by atoms with Crippen LogP contribution >= 0.6 is 38.9 Å². The first-order chi connectivity index (χ1) is 7.80. The molecular weight excluding hydrogens is 346 g/mol. The zero-order chi connectivity index (χ0) is 13.2. The molecule has 0 atom stereocenters. The number of hydrogen-bond acceptors (Lipinski definition) is 3. The molecule has 1 aromatic rings. The van der Waals surface area contributed by atoms with E-state index in [1.807, 2.05) is 13.8 Å². The second-order valence-corrected chi connectivity index (χ2v) is 8.54. The molecule has 0 fully saturated rings. The molecule has 0 saturated heterocycles. The predicted molar refractivity (Wildman–Crippen MR) is 76.3 cm³/mol. The largest absolute Gasteiger partial charge is 0.253 e. The van der Waals surface area contributed by atoms with Crippen LogP contribution in [-0.2, 0) is 10.0 Å². The van der Waals surface area contributed by atoms with Crippen LogP contribution in [0.2, 0.25) is 5.02 Å². The molecule has 0 bridgehead atoms. The van der Waals surface area contributed by atoms with Gasteiger partial charge in [0.05, 0.1) is 8.81 Å². The number of rotatable bonds is 5. The van der Waals surface area contributed by atoms with Gasteiger partial charge in [0.15, 0.2) is 0 Å². The molecule has 3 nitrogen and oxygen atoms in total. The van der Waals surface area contributed by atoms with Crippen LogP contribution in [0.25, 0.3) is 0 Å². The first-order valence-corrected chi connectivity index (χ1v) is 8.31. The van der Waals surface area contributed by atoms with Crippen molar-refractivity contribution in [2.24, 2.45) is 0 Å². The lowest BCUT2D eigenvalue weighted by molar-refractivity contribution is 0.384. The van der Waals surface area contributed by atoms with Crippen molar-refractivity contribution in [3.63, 3.8) is 0 Å². The number of nitrogens with zero attached hydrogens (tertiary/aromatic N) is 1. The van der Waals surface area contributed by atoms with Crippen molar-refractivity contribution < 1.29 is 8.42 Å². The molecule has 0 aromatic carbocycles. The van der Waals surface area contributed by atoms with Crippen molar-refractivity contribution >= 4 is 48.9 Å². The highest BCUT2D eigenvalue weighted by molar-refractivity contribution is 9.11. The molecule has 1 heterocycles. The average molecular weight is 359 g/mol. The van der Waals surface area contributed by atoms with Crippen LogP contribution in [0, 0.1) is 0 Å². The van der Waals surface area contributed by atoms with E-state index in [2.05, 4.69) is 22.5 Å². The van der Waals surface area contributed by atoms with E-state index >= 15 is 0 Å². The van der Waals surface area contributed by atoms with Gasteiger partial charge in [0, 0.05) is 12.6 Å². The smallest absolute Gasteiger partial charge is 0.206 e. The van der Waals surface area contributed by atoms with Crippen molar-refractivity contribution in [1.29, 1.82) is 0 Å². The van der Waals surface area contributed by atoms with Crippen molar-refractivity contribution in [1.82, 2.24) is 4.31 Å². The summed E-state index contributed by atoms with van der Waals surface area (Å²) >= 11 is 10.2. The summed E-state index contributed by atoms with van der Waals surface area (Å²) in [5, 5.41) is 0.413. The van der Waals surface area contributed by atoms with Crippen LogP contribution in [0.4, 0.5) is 0 Å². The number of hydrogen-bond donors (Lipinski definition) is 0. The molecule has 0 saturated carbocycles. The van der Waals surface area contributed by atoms with E-state index in [1.165, 1.54) is 10.4 Å². The Balaban J connectivity index is 3.20. The Labute approximate surface area is 119 Å². The lowest BCUT2D eigenvalue weighted by Gasteiger charge is -2.23. The van der Waals surface area contributed by atoms with Crippen molar-refractivity contribution in [3.05, 3.63) is 27.5 Å². The van der Waals surface area contributed by atoms with Gasteiger partial charge in [-0.05, 0) is 35.8 Å². The van der Waals surface area contributed by atoms with E-state index in [4.69, 9.17) is 11.6 Å². The van der Waals surface area contributed by atoms with E-state index in [1.54, 1.807) is 6.08 Å². The fraction of sp³-hybridized carbons (Fsp3) is 0.400. The molecule has 0 N–H and O–H groups in total. The van der Waals surface area contributed by atoms with Crippen molar-refractivity contribution in [2.45, 2.75) is 24.1 Å². The maximum absolute atomic E-state index is 12.3. The topological polar surface area (TPSA) is 37.4 Å². The first kappa shape index (κ1) is 15.2. The Kier molecular flexibility index (Phi) is 5.21. The fourth-order valence-corrected chi connectivity index (χ4v) is 5.42. The van der Waals surface area contributed by atoms with Crippen LogP contribution in [0.3, 0.4) is 0 Å². The summed E-state index contributed by atoms with van der Waals surface area (Å²) in [5.74, 6) is 0. The van der Waals surface area contributed by atoms with Gasteiger partial charge in [-0.25, -0.2) is 8.42 Å². The fourth-order valence-electron chi connectivity index (χ4n) is 1.28. The zero-order valence-corrected chi connectivity index (χ0v) is 13.5. The molecule has 17 heavy (non-hydrogen) atoms. The van der Waals surface area contributed by atoms with E-state index < -0.39 is 10.0 Å². The maximum Gasteiger partial charge on any atom is 0.253 e. The highest BCUT2D eigenvalue weighted by Gasteiger charge is 2.28. The highest BCUT2D eigenvalue weighted by Crippen LogP contribution is 2.36. The molecule has 0 aliphatic carbocycles. The second kappa shape index (κ2) is 5.84. The van der Waals surface area contributed by atoms with Gasteiger partial charge in [0.1, 0.15) is 4.21 Å². The van der Waals surface area contributed by atoms with Gasteiger partial charge in [0.2, 0.25) is 0 Å². The van der Waals surface area contributed by atoms with Gasteiger partial charge in [0.25, 0.3) is 10.0 Å². The van der Waals surface area contributed by atoms with Crippen LogP contribution in [-0.4, -0.2) is 25.3 Å². The number of halogens is 2. The van der Waals surface area contributed by atoms with Crippen molar-refractivity contribution in [3.8, 4) is 0 Å². The van der Waals surface area contributed by atoms with E-state index in [0.29, 0.717) is 8.81 Å². The Hall–Kier alpha value is 0.120. The summed E-state index contributed by atoms with van der Waals surface area (Å²) in [6, 6.07) is 1.34. The van der Waals surface area contributed by atoms with Crippen LogP contribution < -0.4 is 0 Å². The SMILES string of the molecule is C=CCN(C(C)C)S(=O)(=O)c1cc(Cl)c(Br)s1. The lowest BCUT2D eigenvalue weighted by atomic mass is 10.4. The Morgan fingerprint density at radius 1 is 1.65 bits per heavy atom. The van der Waals surface area contributed by atoms with E-state index in [9.17, 15) is 8.42 Å². The van der Waals surface area contributed by atoms with E-state index in [0.717, 1.165) is 11.3 Å². The Bertz CT molecular complexity index is 491. The molecule has 0 aliphatic rings. The first-order valence-electron chi connectivity index (χ1n) is 4.88. The number of thiophene rings is 1. The summed E-state index contributed by atoms with van der Waals surface area (Å²) in [7, 11) is -3.50. The quantitative estimate of drug-likeness (QED) is 0.752. The Morgan fingerprint density at radius 2 is 2.24 bits per heavy atom. The van der Waals surface area contributed by atoms with Gasteiger partial charge in [-0.1, -0.05) is 17.7 Å².